The third-order valence-electron chi connectivity index (χ3n) is 2.32. The van der Waals surface area contributed by atoms with E-state index in [1.807, 2.05) is 24.3 Å². The summed E-state index contributed by atoms with van der Waals surface area (Å²) in [4.78, 5) is 0. The van der Waals surface area contributed by atoms with Crippen LogP contribution in [0.15, 0.2) is 24.3 Å². The van der Waals surface area contributed by atoms with Crippen molar-refractivity contribution in [3.8, 4) is 5.75 Å². The Bertz CT molecular complexity index is 514. The van der Waals surface area contributed by atoms with Gasteiger partial charge in [0.25, 0.3) is 0 Å². The molecule has 0 N–H and O–H groups in total. The van der Waals surface area contributed by atoms with Gasteiger partial charge in [-0.3, -0.25) is 0 Å². The highest BCUT2D eigenvalue weighted by molar-refractivity contribution is 6.34. The van der Waals surface area contributed by atoms with Crippen LogP contribution in [0.5, 0.6) is 5.75 Å². The van der Waals surface area contributed by atoms with Gasteiger partial charge < -0.3 is 4.74 Å². The van der Waals surface area contributed by atoms with Crippen molar-refractivity contribution in [2.45, 2.75) is 6.42 Å². The van der Waals surface area contributed by atoms with Crippen molar-refractivity contribution in [2.24, 2.45) is 0 Å². The molecule has 2 rings (SSSR count). The first-order valence-electron chi connectivity index (χ1n) is 4.87. The molecule has 4 nitrogen and oxygen atoms in total. The Morgan fingerprint density at radius 1 is 1.12 bits per heavy atom. The van der Waals surface area contributed by atoms with Gasteiger partial charge >= 0.3 is 0 Å². The maximum atomic E-state index is 5.94. The molecule has 1 heterocycles. The van der Waals surface area contributed by atoms with Crippen molar-refractivity contribution in [1.82, 2.24) is 15.4 Å². The van der Waals surface area contributed by atoms with Crippen molar-refractivity contribution in [3.63, 3.8) is 0 Å². The van der Waals surface area contributed by atoms with Crippen LogP contribution in [-0.2, 0) is 6.42 Å². The molecule has 0 aliphatic carbocycles. The van der Waals surface area contributed by atoms with Crippen molar-refractivity contribution >= 4 is 23.2 Å². The molecule has 0 saturated carbocycles. The average Bonchev–Trinajstić information content (AvgIpc) is 2.34. The van der Waals surface area contributed by atoms with Crippen molar-refractivity contribution in [2.75, 3.05) is 7.11 Å². The molecule has 2 aromatic rings. The molecule has 0 aliphatic heterocycles. The molecule has 1 aromatic heterocycles. The zero-order valence-corrected chi connectivity index (χ0v) is 10.5. The van der Waals surface area contributed by atoms with Crippen LogP contribution < -0.4 is 4.74 Å². The predicted octanol–water partition coefficient (Wildman–Crippen LogP) is 2.78. The lowest BCUT2D eigenvalue weighted by molar-refractivity contribution is 0.410. The van der Waals surface area contributed by atoms with E-state index >= 15 is 0 Å². The van der Waals surface area contributed by atoms with Crippen LogP contribution in [0.2, 0.25) is 10.3 Å². The van der Waals surface area contributed by atoms with Gasteiger partial charge in [0.1, 0.15) is 5.75 Å². The maximum absolute atomic E-state index is 5.94. The normalized spacial score (nSPS) is 10.3. The third-order valence-corrected chi connectivity index (χ3v) is 2.93. The Balaban J connectivity index is 2.38. The van der Waals surface area contributed by atoms with E-state index in [2.05, 4.69) is 15.4 Å². The van der Waals surface area contributed by atoms with E-state index in [0.717, 1.165) is 11.3 Å². The standard InChI is InChI=1S/C11H9Cl2N3O/c1-17-9-5-3-2-4-7(9)6-8-10(12)14-16-15-11(8)13/h2-5H,6H2,1H3. The van der Waals surface area contributed by atoms with Gasteiger partial charge in [0.15, 0.2) is 10.3 Å². The number of hydrogen-bond acceptors (Lipinski definition) is 4. The van der Waals surface area contributed by atoms with Crippen LogP contribution in [0.3, 0.4) is 0 Å². The Kier molecular flexibility index (Phi) is 3.76. The Labute approximate surface area is 109 Å². The molecule has 0 saturated heterocycles. The Morgan fingerprint density at radius 3 is 2.41 bits per heavy atom. The summed E-state index contributed by atoms with van der Waals surface area (Å²) in [6, 6.07) is 7.63. The fourth-order valence-electron chi connectivity index (χ4n) is 1.49. The van der Waals surface area contributed by atoms with E-state index in [9.17, 15) is 0 Å². The van der Waals surface area contributed by atoms with E-state index in [1.165, 1.54) is 0 Å². The minimum atomic E-state index is 0.260. The number of ether oxygens (including phenoxy) is 1. The van der Waals surface area contributed by atoms with E-state index in [1.54, 1.807) is 7.11 Å². The number of hydrogen-bond donors (Lipinski definition) is 0. The first-order chi connectivity index (χ1) is 8.22. The average molecular weight is 270 g/mol. The van der Waals surface area contributed by atoms with Gasteiger partial charge in [0, 0.05) is 12.0 Å². The number of rotatable bonds is 3. The highest BCUT2D eigenvalue weighted by Crippen LogP contribution is 2.26. The number of para-hydroxylation sites is 1. The van der Waals surface area contributed by atoms with Crippen LogP contribution in [0.1, 0.15) is 11.1 Å². The van der Waals surface area contributed by atoms with Crippen LogP contribution in [0.4, 0.5) is 0 Å². The summed E-state index contributed by atoms with van der Waals surface area (Å²) in [5, 5.41) is 11.3. The van der Waals surface area contributed by atoms with Gasteiger partial charge in [-0.25, -0.2) is 0 Å². The first-order valence-corrected chi connectivity index (χ1v) is 5.63. The molecule has 0 atom stereocenters. The monoisotopic (exact) mass is 269 g/mol. The lowest BCUT2D eigenvalue weighted by Gasteiger charge is -2.08. The molecular weight excluding hydrogens is 261 g/mol. The lowest BCUT2D eigenvalue weighted by Crippen LogP contribution is -1.99. The molecule has 0 unspecified atom stereocenters. The Hall–Kier alpha value is -1.39. The number of halogens is 2. The number of aromatic nitrogens is 3. The molecule has 0 amide bonds. The maximum Gasteiger partial charge on any atom is 0.160 e. The summed E-state index contributed by atoms with van der Waals surface area (Å²) >= 11 is 11.9. The number of methoxy groups -OCH3 is 1. The fourth-order valence-corrected chi connectivity index (χ4v) is 1.92. The molecule has 0 spiro atoms. The minimum Gasteiger partial charge on any atom is -0.496 e. The first kappa shape index (κ1) is 12.1. The Morgan fingerprint density at radius 2 is 1.76 bits per heavy atom. The van der Waals surface area contributed by atoms with Crippen molar-refractivity contribution < 1.29 is 4.74 Å². The molecular formula is C11H9Cl2N3O. The van der Waals surface area contributed by atoms with Gasteiger partial charge in [-0.2, -0.15) is 0 Å². The highest BCUT2D eigenvalue weighted by Gasteiger charge is 2.12. The van der Waals surface area contributed by atoms with Crippen LogP contribution in [0.25, 0.3) is 0 Å². The summed E-state index contributed by atoms with van der Waals surface area (Å²) in [6.45, 7) is 0. The lowest BCUT2D eigenvalue weighted by atomic mass is 10.1. The van der Waals surface area contributed by atoms with Crippen LogP contribution in [0, 0.1) is 0 Å². The molecule has 0 aliphatic rings. The van der Waals surface area contributed by atoms with Gasteiger partial charge in [-0.05, 0) is 16.8 Å². The van der Waals surface area contributed by atoms with E-state index in [4.69, 9.17) is 27.9 Å². The van der Waals surface area contributed by atoms with Crippen molar-refractivity contribution in [3.05, 3.63) is 45.7 Å². The SMILES string of the molecule is COc1ccccc1Cc1c(Cl)nnnc1Cl. The fraction of sp³-hybridized carbons (Fsp3) is 0.182. The second-order valence-electron chi connectivity index (χ2n) is 3.34. The van der Waals surface area contributed by atoms with Crippen LogP contribution in [-0.4, -0.2) is 22.5 Å². The third kappa shape index (κ3) is 2.65. The molecule has 1 aromatic carbocycles. The summed E-state index contributed by atoms with van der Waals surface area (Å²) in [6.07, 6.45) is 0.504. The zero-order chi connectivity index (χ0) is 12.3. The molecule has 88 valence electrons. The summed E-state index contributed by atoms with van der Waals surface area (Å²) < 4.78 is 5.25. The second kappa shape index (κ2) is 5.29. The summed E-state index contributed by atoms with van der Waals surface area (Å²) in [5.74, 6) is 0.774. The second-order valence-corrected chi connectivity index (χ2v) is 4.05. The molecule has 6 heteroatoms. The smallest absolute Gasteiger partial charge is 0.160 e. The van der Waals surface area contributed by atoms with Crippen LogP contribution >= 0.6 is 23.2 Å². The predicted molar refractivity (Wildman–Crippen MR) is 65.6 cm³/mol. The molecule has 0 fully saturated rings. The quantitative estimate of drug-likeness (QED) is 0.860. The number of nitrogens with zero attached hydrogens (tertiary/aromatic N) is 3. The largest absolute Gasteiger partial charge is 0.496 e. The van der Waals surface area contributed by atoms with E-state index in [-0.39, 0.29) is 10.3 Å². The molecule has 17 heavy (non-hydrogen) atoms. The topological polar surface area (TPSA) is 47.9 Å². The summed E-state index contributed by atoms with van der Waals surface area (Å²) in [7, 11) is 1.62. The van der Waals surface area contributed by atoms with Gasteiger partial charge in [-0.15, -0.1) is 10.2 Å². The molecule has 0 bridgehead atoms. The molecule has 0 radical (unpaired) electrons. The van der Waals surface area contributed by atoms with E-state index < -0.39 is 0 Å². The van der Waals surface area contributed by atoms with Gasteiger partial charge in [0.2, 0.25) is 0 Å². The van der Waals surface area contributed by atoms with Gasteiger partial charge in [0.05, 0.1) is 7.11 Å². The number of benzene rings is 1. The zero-order valence-electron chi connectivity index (χ0n) is 9.02. The van der Waals surface area contributed by atoms with E-state index in [0.29, 0.717) is 12.0 Å². The summed E-state index contributed by atoms with van der Waals surface area (Å²) in [5.41, 5.74) is 1.61. The highest BCUT2D eigenvalue weighted by atomic mass is 35.5. The minimum absolute atomic E-state index is 0.260. The van der Waals surface area contributed by atoms with Crippen molar-refractivity contribution in [1.29, 1.82) is 0 Å². The van der Waals surface area contributed by atoms with Gasteiger partial charge in [-0.1, -0.05) is 41.4 Å².